The van der Waals surface area contributed by atoms with E-state index in [-0.39, 0.29) is 6.10 Å². The van der Waals surface area contributed by atoms with E-state index in [9.17, 15) is 5.11 Å². The highest BCUT2D eigenvalue weighted by Crippen LogP contribution is 2.18. The molecule has 0 amide bonds. The van der Waals surface area contributed by atoms with Gasteiger partial charge in [0.2, 0.25) is 0 Å². The number of ether oxygens (including phenoxy) is 1. The lowest BCUT2D eigenvalue weighted by Gasteiger charge is -2.23. The molecular weight excluding hydrogens is 204 g/mol. The third kappa shape index (κ3) is 3.61. The van der Waals surface area contributed by atoms with Crippen LogP contribution >= 0.6 is 0 Å². The van der Waals surface area contributed by atoms with E-state index in [2.05, 4.69) is 9.97 Å². The molecule has 0 saturated carbocycles. The van der Waals surface area contributed by atoms with Crippen LogP contribution in [0, 0.1) is 0 Å². The van der Waals surface area contributed by atoms with Crippen molar-refractivity contribution in [1.29, 1.82) is 0 Å². The van der Waals surface area contributed by atoms with Crippen LogP contribution in [-0.4, -0.2) is 33.9 Å². The van der Waals surface area contributed by atoms with Gasteiger partial charge >= 0.3 is 0 Å². The molecule has 4 nitrogen and oxygen atoms in total. The van der Waals surface area contributed by atoms with Crippen molar-refractivity contribution in [1.82, 2.24) is 9.97 Å². The number of nitrogens with zero attached hydrogens (tertiary/aromatic N) is 1. The average Bonchev–Trinajstić information content (AvgIpc) is 2.81. The number of hydrogen-bond donors (Lipinski definition) is 2. The molecule has 0 radical (unpaired) electrons. The van der Waals surface area contributed by atoms with Crippen LogP contribution in [-0.2, 0) is 11.2 Å². The van der Waals surface area contributed by atoms with Gasteiger partial charge in [0.05, 0.1) is 12.2 Å². The largest absolute Gasteiger partial charge is 0.393 e. The van der Waals surface area contributed by atoms with Crippen LogP contribution in [0.1, 0.15) is 37.9 Å². The Kier molecular flexibility index (Phi) is 4.36. The Morgan fingerprint density at radius 1 is 1.56 bits per heavy atom. The van der Waals surface area contributed by atoms with E-state index in [1.165, 1.54) is 12.8 Å². The van der Waals surface area contributed by atoms with Crippen LogP contribution in [0.3, 0.4) is 0 Å². The summed E-state index contributed by atoms with van der Waals surface area (Å²) in [4.78, 5) is 7.11. The number of aromatic amines is 1. The fraction of sp³-hybridized carbons (Fsp3) is 0.750. The number of imidazole rings is 1. The Morgan fingerprint density at radius 3 is 3.19 bits per heavy atom. The molecule has 1 aliphatic heterocycles. The second kappa shape index (κ2) is 6.01. The SMILES string of the molecule is OC(CCC1CCCCO1)Cc1ncc[nH]1. The van der Waals surface area contributed by atoms with Gasteiger partial charge in [-0.1, -0.05) is 0 Å². The quantitative estimate of drug-likeness (QED) is 0.799. The van der Waals surface area contributed by atoms with Gasteiger partial charge in [-0.15, -0.1) is 0 Å². The molecule has 2 heterocycles. The number of nitrogens with one attached hydrogen (secondary N) is 1. The standard InChI is InChI=1S/C12H20N2O2/c15-10(9-12-13-6-7-14-12)4-5-11-3-1-2-8-16-11/h6-7,10-11,15H,1-5,8-9H2,(H,13,14). The molecule has 2 unspecified atom stereocenters. The van der Waals surface area contributed by atoms with E-state index in [1.54, 1.807) is 12.4 Å². The Bertz CT molecular complexity index is 281. The number of hydrogen-bond acceptors (Lipinski definition) is 3. The van der Waals surface area contributed by atoms with Crippen LogP contribution in [0.2, 0.25) is 0 Å². The second-order valence-electron chi connectivity index (χ2n) is 4.46. The summed E-state index contributed by atoms with van der Waals surface area (Å²) in [7, 11) is 0. The van der Waals surface area contributed by atoms with Crippen molar-refractivity contribution in [3.8, 4) is 0 Å². The molecule has 0 aliphatic carbocycles. The molecule has 16 heavy (non-hydrogen) atoms. The van der Waals surface area contributed by atoms with Gasteiger partial charge in [0.1, 0.15) is 5.82 Å². The van der Waals surface area contributed by atoms with Crippen LogP contribution in [0.5, 0.6) is 0 Å². The maximum Gasteiger partial charge on any atom is 0.108 e. The summed E-state index contributed by atoms with van der Waals surface area (Å²) in [6, 6.07) is 0. The third-order valence-electron chi connectivity index (χ3n) is 3.08. The zero-order chi connectivity index (χ0) is 11.2. The van der Waals surface area contributed by atoms with E-state index in [0.717, 1.165) is 31.7 Å². The molecule has 1 saturated heterocycles. The van der Waals surface area contributed by atoms with Gasteiger partial charge in [-0.25, -0.2) is 4.98 Å². The highest BCUT2D eigenvalue weighted by molar-refractivity contribution is 4.89. The fourth-order valence-corrected chi connectivity index (χ4v) is 2.15. The molecule has 0 bridgehead atoms. The zero-order valence-corrected chi connectivity index (χ0v) is 9.56. The van der Waals surface area contributed by atoms with Crippen molar-refractivity contribution in [3.63, 3.8) is 0 Å². The summed E-state index contributed by atoms with van der Waals surface area (Å²) >= 11 is 0. The number of rotatable bonds is 5. The first-order valence-corrected chi connectivity index (χ1v) is 6.12. The van der Waals surface area contributed by atoms with Crippen molar-refractivity contribution in [3.05, 3.63) is 18.2 Å². The van der Waals surface area contributed by atoms with Crippen molar-refractivity contribution in [2.45, 2.75) is 50.7 Å². The highest BCUT2D eigenvalue weighted by atomic mass is 16.5. The van der Waals surface area contributed by atoms with E-state index in [0.29, 0.717) is 12.5 Å². The molecule has 1 aromatic rings. The first-order chi connectivity index (χ1) is 7.84. The lowest BCUT2D eigenvalue weighted by Crippen LogP contribution is -2.22. The molecule has 2 atom stereocenters. The van der Waals surface area contributed by atoms with E-state index in [1.807, 2.05) is 0 Å². The molecule has 0 spiro atoms. The number of aromatic nitrogens is 2. The Morgan fingerprint density at radius 2 is 2.50 bits per heavy atom. The minimum atomic E-state index is -0.309. The van der Waals surface area contributed by atoms with Gasteiger partial charge in [-0.3, -0.25) is 0 Å². The molecule has 2 rings (SSSR count). The average molecular weight is 224 g/mol. The molecule has 0 aromatic carbocycles. The predicted molar refractivity (Wildman–Crippen MR) is 61.1 cm³/mol. The summed E-state index contributed by atoms with van der Waals surface area (Å²) < 4.78 is 5.63. The molecule has 4 heteroatoms. The smallest absolute Gasteiger partial charge is 0.108 e. The van der Waals surface area contributed by atoms with Gasteiger partial charge in [-0.2, -0.15) is 0 Å². The van der Waals surface area contributed by atoms with E-state index < -0.39 is 0 Å². The summed E-state index contributed by atoms with van der Waals surface area (Å²) in [5.41, 5.74) is 0. The van der Waals surface area contributed by atoms with Crippen LogP contribution < -0.4 is 0 Å². The topological polar surface area (TPSA) is 58.1 Å². The van der Waals surface area contributed by atoms with Gasteiger partial charge in [0.15, 0.2) is 0 Å². The first kappa shape index (κ1) is 11.6. The number of aliphatic hydroxyl groups is 1. The van der Waals surface area contributed by atoms with Crippen LogP contribution in [0.25, 0.3) is 0 Å². The molecule has 1 aliphatic rings. The fourth-order valence-electron chi connectivity index (χ4n) is 2.15. The third-order valence-corrected chi connectivity index (χ3v) is 3.08. The van der Waals surface area contributed by atoms with Crippen molar-refractivity contribution in [2.24, 2.45) is 0 Å². The van der Waals surface area contributed by atoms with Crippen LogP contribution in [0.4, 0.5) is 0 Å². The molecule has 2 N–H and O–H groups in total. The maximum absolute atomic E-state index is 9.84. The van der Waals surface area contributed by atoms with Crippen molar-refractivity contribution < 1.29 is 9.84 Å². The van der Waals surface area contributed by atoms with Gasteiger partial charge in [-0.05, 0) is 32.1 Å². The van der Waals surface area contributed by atoms with Gasteiger partial charge in [0, 0.05) is 25.4 Å². The normalized spacial score (nSPS) is 23.2. The predicted octanol–water partition coefficient (Wildman–Crippen LogP) is 1.66. The minimum absolute atomic E-state index is 0.309. The Labute approximate surface area is 96.0 Å². The van der Waals surface area contributed by atoms with Gasteiger partial charge in [0.25, 0.3) is 0 Å². The monoisotopic (exact) mass is 224 g/mol. The lowest BCUT2D eigenvalue weighted by atomic mass is 10.0. The summed E-state index contributed by atoms with van der Waals surface area (Å²) in [5.74, 6) is 0.858. The van der Waals surface area contributed by atoms with Crippen molar-refractivity contribution in [2.75, 3.05) is 6.61 Å². The summed E-state index contributed by atoms with van der Waals surface area (Å²) in [6.07, 6.45) is 9.51. The van der Waals surface area contributed by atoms with Gasteiger partial charge < -0.3 is 14.8 Å². The molecule has 90 valence electrons. The minimum Gasteiger partial charge on any atom is -0.393 e. The van der Waals surface area contributed by atoms with Crippen LogP contribution in [0.15, 0.2) is 12.4 Å². The maximum atomic E-state index is 9.84. The van der Waals surface area contributed by atoms with E-state index in [4.69, 9.17) is 4.74 Å². The lowest BCUT2D eigenvalue weighted by molar-refractivity contribution is 0.00223. The summed E-state index contributed by atoms with van der Waals surface area (Å²) in [5, 5.41) is 9.84. The highest BCUT2D eigenvalue weighted by Gasteiger charge is 2.16. The first-order valence-electron chi connectivity index (χ1n) is 6.12. The zero-order valence-electron chi connectivity index (χ0n) is 9.56. The Hall–Kier alpha value is -0.870. The molecular formula is C12H20N2O2. The second-order valence-corrected chi connectivity index (χ2v) is 4.46. The number of H-pyrrole nitrogens is 1. The summed E-state index contributed by atoms with van der Waals surface area (Å²) in [6.45, 7) is 0.888. The molecule has 1 fully saturated rings. The Balaban J connectivity index is 1.65. The van der Waals surface area contributed by atoms with Crippen molar-refractivity contribution >= 4 is 0 Å². The number of aliphatic hydroxyl groups excluding tert-OH is 1. The molecule has 1 aromatic heterocycles. The van der Waals surface area contributed by atoms with E-state index >= 15 is 0 Å².